The number of halogens is 3. The van der Waals surface area contributed by atoms with Gasteiger partial charge in [0.05, 0.1) is 7.11 Å². The fourth-order valence-corrected chi connectivity index (χ4v) is 3.46. The lowest BCUT2D eigenvalue weighted by Crippen LogP contribution is -2.25. The summed E-state index contributed by atoms with van der Waals surface area (Å²) in [7, 11) is 1.55. The largest absolute Gasteiger partial charge is 0.496 e. The first-order valence-electron chi connectivity index (χ1n) is 10.9. The minimum atomic E-state index is -4.47. The van der Waals surface area contributed by atoms with Crippen LogP contribution in [-0.2, 0) is 19.3 Å². The first-order chi connectivity index (χ1) is 16.1. The number of hydrogen-bond acceptors (Lipinski definition) is 4. The highest BCUT2D eigenvalue weighted by atomic mass is 19.4. The maximum atomic E-state index is 12.8. The molecule has 3 rings (SSSR count). The standard InChI is InChI=1S/C25H28F3N3O3/c1-16-6-7-17(2)22(12-16)34-15-20-14-19(8-9-21(20)33-4)24(32)29-10-5-11-31-18(3)13-23(30-31)25(26,27)28/h6-9,12-14H,5,10-11,15H2,1-4H3,(H,29,32). The van der Waals surface area contributed by atoms with Crippen LogP contribution < -0.4 is 14.8 Å². The van der Waals surface area contributed by atoms with Gasteiger partial charge in [0, 0.05) is 29.9 Å². The van der Waals surface area contributed by atoms with Crippen LogP contribution in [0.2, 0.25) is 0 Å². The molecule has 182 valence electrons. The first-order valence-corrected chi connectivity index (χ1v) is 10.9. The third kappa shape index (κ3) is 6.30. The predicted octanol–water partition coefficient (Wildman–Crippen LogP) is 5.23. The fourth-order valence-electron chi connectivity index (χ4n) is 3.46. The van der Waals surface area contributed by atoms with E-state index < -0.39 is 11.9 Å². The van der Waals surface area contributed by atoms with E-state index in [1.165, 1.54) is 4.68 Å². The third-order valence-corrected chi connectivity index (χ3v) is 5.37. The Morgan fingerprint density at radius 2 is 1.82 bits per heavy atom. The van der Waals surface area contributed by atoms with E-state index in [0.717, 1.165) is 28.5 Å². The molecule has 9 heteroatoms. The van der Waals surface area contributed by atoms with E-state index in [1.54, 1.807) is 32.2 Å². The normalized spacial score (nSPS) is 11.4. The second kappa shape index (κ2) is 10.6. The van der Waals surface area contributed by atoms with Gasteiger partial charge in [-0.15, -0.1) is 0 Å². The number of hydrogen-bond donors (Lipinski definition) is 1. The molecule has 1 heterocycles. The number of benzene rings is 2. The summed E-state index contributed by atoms with van der Waals surface area (Å²) in [4.78, 5) is 12.6. The molecule has 3 aromatic rings. The van der Waals surface area contributed by atoms with Crippen LogP contribution in [0.25, 0.3) is 0 Å². The number of aryl methyl sites for hydroxylation is 4. The van der Waals surface area contributed by atoms with E-state index in [1.807, 2.05) is 32.0 Å². The topological polar surface area (TPSA) is 65.4 Å². The van der Waals surface area contributed by atoms with Crippen molar-refractivity contribution in [3.63, 3.8) is 0 Å². The van der Waals surface area contributed by atoms with E-state index in [4.69, 9.17) is 9.47 Å². The number of rotatable bonds is 9. The lowest BCUT2D eigenvalue weighted by molar-refractivity contribution is -0.141. The van der Waals surface area contributed by atoms with Crippen molar-refractivity contribution in [3.05, 3.63) is 76.1 Å². The summed E-state index contributed by atoms with van der Waals surface area (Å²) in [6, 6.07) is 12.0. The summed E-state index contributed by atoms with van der Waals surface area (Å²) in [5.41, 5.74) is 2.76. The Bertz CT molecular complexity index is 1160. The van der Waals surface area contributed by atoms with Crippen LogP contribution in [0.5, 0.6) is 11.5 Å². The molecule has 6 nitrogen and oxygen atoms in total. The van der Waals surface area contributed by atoms with Gasteiger partial charge < -0.3 is 14.8 Å². The molecule has 34 heavy (non-hydrogen) atoms. The zero-order chi connectivity index (χ0) is 24.9. The van der Waals surface area contributed by atoms with Crippen molar-refractivity contribution in [2.45, 2.75) is 46.5 Å². The molecule has 0 aliphatic rings. The molecule has 0 fully saturated rings. The summed E-state index contributed by atoms with van der Waals surface area (Å²) in [5.74, 6) is 1.08. The van der Waals surface area contributed by atoms with Crippen molar-refractivity contribution in [2.24, 2.45) is 0 Å². The number of nitrogens with one attached hydrogen (secondary N) is 1. The van der Waals surface area contributed by atoms with Crippen LogP contribution in [0.4, 0.5) is 13.2 Å². The van der Waals surface area contributed by atoms with Crippen LogP contribution >= 0.6 is 0 Å². The van der Waals surface area contributed by atoms with Gasteiger partial charge in [-0.3, -0.25) is 9.48 Å². The highest BCUT2D eigenvalue weighted by Crippen LogP contribution is 2.28. The second-order valence-electron chi connectivity index (χ2n) is 8.09. The van der Waals surface area contributed by atoms with E-state index in [-0.39, 0.29) is 19.1 Å². The molecular weight excluding hydrogens is 447 g/mol. The molecule has 2 aromatic carbocycles. The van der Waals surface area contributed by atoms with Gasteiger partial charge in [-0.25, -0.2) is 0 Å². The predicted molar refractivity (Wildman–Crippen MR) is 122 cm³/mol. The van der Waals surface area contributed by atoms with E-state index >= 15 is 0 Å². The number of alkyl halides is 3. The highest BCUT2D eigenvalue weighted by molar-refractivity contribution is 5.94. The average molecular weight is 476 g/mol. The molecule has 1 aromatic heterocycles. The minimum Gasteiger partial charge on any atom is -0.496 e. The number of carbonyl (C=O) groups is 1. The number of aromatic nitrogens is 2. The summed E-state index contributed by atoms with van der Waals surface area (Å²) in [6.45, 7) is 6.31. The summed E-state index contributed by atoms with van der Waals surface area (Å²) >= 11 is 0. The zero-order valence-electron chi connectivity index (χ0n) is 19.6. The van der Waals surface area contributed by atoms with Crippen LogP contribution in [0.15, 0.2) is 42.5 Å². The van der Waals surface area contributed by atoms with Crippen molar-refractivity contribution in [1.82, 2.24) is 15.1 Å². The molecule has 0 unspecified atom stereocenters. The van der Waals surface area contributed by atoms with Gasteiger partial charge in [0.2, 0.25) is 0 Å². The molecule has 0 radical (unpaired) electrons. The lowest BCUT2D eigenvalue weighted by atomic mass is 10.1. The van der Waals surface area contributed by atoms with Gasteiger partial charge >= 0.3 is 6.18 Å². The molecule has 0 bridgehead atoms. The Morgan fingerprint density at radius 3 is 2.50 bits per heavy atom. The van der Waals surface area contributed by atoms with Gasteiger partial charge in [-0.1, -0.05) is 12.1 Å². The summed E-state index contributed by atoms with van der Waals surface area (Å²) in [6.07, 6.45) is -4.04. The van der Waals surface area contributed by atoms with E-state index in [9.17, 15) is 18.0 Å². The van der Waals surface area contributed by atoms with Crippen molar-refractivity contribution in [3.8, 4) is 11.5 Å². The molecule has 1 amide bonds. The van der Waals surface area contributed by atoms with Gasteiger partial charge in [0.1, 0.15) is 18.1 Å². The van der Waals surface area contributed by atoms with Crippen LogP contribution in [0.1, 0.15) is 44.9 Å². The molecule has 0 aliphatic carbocycles. The maximum absolute atomic E-state index is 12.8. The second-order valence-corrected chi connectivity index (χ2v) is 8.09. The van der Waals surface area contributed by atoms with E-state index in [2.05, 4.69) is 10.4 Å². The van der Waals surface area contributed by atoms with Crippen LogP contribution in [-0.4, -0.2) is 29.3 Å². The molecule has 0 saturated carbocycles. The van der Waals surface area contributed by atoms with E-state index in [0.29, 0.717) is 30.0 Å². The maximum Gasteiger partial charge on any atom is 0.435 e. The first kappa shape index (κ1) is 25.1. The fraction of sp³-hybridized carbons (Fsp3) is 0.360. The van der Waals surface area contributed by atoms with Gasteiger partial charge in [-0.2, -0.15) is 18.3 Å². The Labute approximate surface area is 196 Å². The molecular formula is C25H28F3N3O3. The lowest BCUT2D eigenvalue weighted by Gasteiger charge is -2.14. The van der Waals surface area contributed by atoms with Crippen molar-refractivity contribution >= 4 is 5.91 Å². The number of amides is 1. The monoisotopic (exact) mass is 475 g/mol. The van der Waals surface area contributed by atoms with Crippen molar-refractivity contribution in [1.29, 1.82) is 0 Å². The van der Waals surface area contributed by atoms with Crippen molar-refractivity contribution < 1.29 is 27.4 Å². The van der Waals surface area contributed by atoms with Gasteiger partial charge in [0.15, 0.2) is 5.69 Å². The number of carbonyl (C=O) groups excluding carboxylic acids is 1. The highest BCUT2D eigenvalue weighted by Gasteiger charge is 2.34. The number of methoxy groups -OCH3 is 1. The third-order valence-electron chi connectivity index (χ3n) is 5.37. The molecule has 0 atom stereocenters. The van der Waals surface area contributed by atoms with Crippen LogP contribution in [0.3, 0.4) is 0 Å². The molecule has 0 aliphatic heterocycles. The SMILES string of the molecule is COc1ccc(C(=O)NCCCn2nc(C(F)(F)F)cc2C)cc1COc1cc(C)ccc1C. The number of ether oxygens (including phenoxy) is 2. The summed E-state index contributed by atoms with van der Waals surface area (Å²) < 4.78 is 51.0. The Kier molecular flexibility index (Phi) is 7.86. The van der Waals surface area contributed by atoms with Gasteiger partial charge in [0.25, 0.3) is 5.91 Å². The zero-order valence-corrected chi connectivity index (χ0v) is 19.6. The Balaban J connectivity index is 1.58. The van der Waals surface area contributed by atoms with Crippen molar-refractivity contribution in [2.75, 3.05) is 13.7 Å². The van der Waals surface area contributed by atoms with Crippen LogP contribution in [0, 0.1) is 20.8 Å². The molecule has 1 N–H and O–H groups in total. The molecule has 0 spiro atoms. The Morgan fingerprint density at radius 1 is 1.06 bits per heavy atom. The van der Waals surface area contributed by atoms with Gasteiger partial charge in [-0.05, 0) is 68.7 Å². The quantitative estimate of drug-likeness (QED) is 0.430. The summed E-state index contributed by atoms with van der Waals surface area (Å²) in [5, 5.41) is 6.39. The average Bonchev–Trinajstić information content (AvgIpc) is 3.18. The smallest absolute Gasteiger partial charge is 0.435 e. The minimum absolute atomic E-state index is 0.231. The number of nitrogens with zero attached hydrogens (tertiary/aromatic N) is 2. The Hall–Kier alpha value is -3.49. The molecule has 0 saturated heterocycles.